The summed E-state index contributed by atoms with van der Waals surface area (Å²) in [7, 11) is -4.53. The molecule has 0 aliphatic carbocycles. The van der Waals surface area contributed by atoms with Crippen molar-refractivity contribution in [2.45, 2.75) is 63.8 Å². The van der Waals surface area contributed by atoms with Crippen LogP contribution in [0.5, 0.6) is 0 Å². The van der Waals surface area contributed by atoms with Crippen LogP contribution >= 0.6 is 0 Å². The molecule has 0 aromatic rings. The minimum atomic E-state index is -1.61. The SMILES string of the molecule is C=CC1(C=C)C(C)(C)O[Si](C)(C)[Si](C)(C)[Si]1(C)C. The molecule has 1 rings (SSSR count). The zero-order valence-electron chi connectivity index (χ0n) is 13.5. The summed E-state index contributed by atoms with van der Waals surface area (Å²) in [6, 6.07) is 0. The van der Waals surface area contributed by atoms with Crippen LogP contribution in [-0.4, -0.2) is 28.1 Å². The molecule has 0 spiro atoms. The minimum absolute atomic E-state index is 0.0156. The molecule has 0 amide bonds. The van der Waals surface area contributed by atoms with Gasteiger partial charge in [0, 0.05) is 5.04 Å². The Labute approximate surface area is 116 Å². The van der Waals surface area contributed by atoms with Gasteiger partial charge in [0.2, 0.25) is 0 Å². The molecule has 18 heavy (non-hydrogen) atoms. The first-order chi connectivity index (χ1) is 7.83. The zero-order chi connectivity index (χ0) is 14.6. The van der Waals surface area contributed by atoms with Gasteiger partial charge in [-0.1, -0.05) is 38.3 Å². The molecule has 1 fully saturated rings. The fourth-order valence-electron chi connectivity index (χ4n) is 3.96. The van der Waals surface area contributed by atoms with Gasteiger partial charge in [-0.3, -0.25) is 0 Å². The van der Waals surface area contributed by atoms with Crippen LogP contribution in [0.25, 0.3) is 0 Å². The summed E-state index contributed by atoms with van der Waals surface area (Å²) in [6.45, 7) is 27.8. The summed E-state index contributed by atoms with van der Waals surface area (Å²) in [5.74, 6) is 0. The van der Waals surface area contributed by atoms with Gasteiger partial charge in [0.25, 0.3) is 0 Å². The van der Waals surface area contributed by atoms with E-state index in [-0.39, 0.29) is 10.6 Å². The van der Waals surface area contributed by atoms with Crippen LogP contribution in [-0.2, 0) is 4.43 Å². The van der Waals surface area contributed by atoms with E-state index in [1.807, 2.05) is 0 Å². The van der Waals surface area contributed by atoms with Crippen LogP contribution in [0.15, 0.2) is 25.3 Å². The van der Waals surface area contributed by atoms with Crippen molar-refractivity contribution in [2.75, 3.05) is 0 Å². The summed E-state index contributed by atoms with van der Waals surface area (Å²) < 4.78 is 6.70. The summed E-state index contributed by atoms with van der Waals surface area (Å²) in [5, 5.41) is -0.0156. The van der Waals surface area contributed by atoms with Crippen LogP contribution in [0, 0.1) is 0 Å². The first-order valence-electron chi connectivity index (χ1n) is 6.80. The van der Waals surface area contributed by atoms with E-state index in [1.54, 1.807) is 0 Å². The molecule has 0 aromatic carbocycles. The topological polar surface area (TPSA) is 9.23 Å². The van der Waals surface area contributed by atoms with E-state index in [1.165, 1.54) is 0 Å². The molecule has 104 valence electrons. The largest absolute Gasteiger partial charge is 0.415 e. The van der Waals surface area contributed by atoms with Crippen LogP contribution < -0.4 is 0 Å². The lowest BCUT2D eigenvalue weighted by Gasteiger charge is -2.67. The van der Waals surface area contributed by atoms with Gasteiger partial charge in [-0.2, -0.15) is 0 Å². The van der Waals surface area contributed by atoms with Crippen LogP contribution in [0.4, 0.5) is 0 Å². The van der Waals surface area contributed by atoms with Crippen molar-refractivity contribution in [1.29, 1.82) is 0 Å². The molecule has 4 heteroatoms. The average molecular weight is 299 g/mol. The summed E-state index contributed by atoms with van der Waals surface area (Å²) >= 11 is 0. The Kier molecular flexibility index (Phi) is 3.62. The van der Waals surface area contributed by atoms with Crippen LogP contribution in [0.3, 0.4) is 0 Å². The van der Waals surface area contributed by atoms with Crippen LogP contribution in [0.1, 0.15) is 13.8 Å². The van der Waals surface area contributed by atoms with Crippen molar-refractivity contribution >= 4 is 22.5 Å². The highest BCUT2D eigenvalue weighted by Gasteiger charge is 2.70. The van der Waals surface area contributed by atoms with E-state index < -0.39 is 22.5 Å². The van der Waals surface area contributed by atoms with E-state index in [0.29, 0.717) is 0 Å². The summed E-state index contributed by atoms with van der Waals surface area (Å²) in [5.41, 5.74) is -0.162. The molecule has 1 saturated heterocycles. The predicted octanol–water partition coefficient (Wildman–Crippen LogP) is 4.69. The summed E-state index contributed by atoms with van der Waals surface area (Å²) in [6.07, 6.45) is 4.29. The molecular formula is C14H30OSi3. The molecule has 0 bridgehead atoms. The fourth-order valence-corrected chi connectivity index (χ4v) is 37.4. The van der Waals surface area contributed by atoms with Crippen molar-refractivity contribution in [3.63, 3.8) is 0 Å². The highest BCUT2D eigenvalue weighted by molar-refractivity contribution is 7.68. The van der Waals surface area contributed by atoms with Gasteiger partial charge in [0.05, 0.1) is 20.3 Å². The molecule has 0 saturated carbocycles. The van der Waals surface area contributed by atoms with Crippen LogP contribution in [0.2, 0.25) is 44.3 Å². The van der Waals surface area contributed by atoms with Gasteiger partial charge in [-0.05, 0) is 26.9 Å². The molecule has 0 N–H and O–H groups in total. The number of rotatable bonds is 2. The first-order valence-corrected chi connectivity index (χ1v) is 17.7. The molecule has 1 heterocycles. The smallest absolute Gasteiger partial charge is 0.172 e. The second-order valence-corrected chi connectivity index (χ2v) is 34.6. The third-order valence-corrected chi connectivity index (χ3v) is 47.5. The molecule has 1 aliphatic heterocycles. The van der Waals surface area contributed by atoms with Gasteiger partial charge < -0.3 is 4.43 Å². The van der Waals surface area contributed by atoms with Gasteiger partial charge in [0.15, 0.2) is 7.83 Å². The lowest BCUT2D eigenvalue weighted by Crippen LogP contribution is -2.82. The second kappa shape index (κ2) is 4.04. The Morgan fingerprint density at radius 3 is 1.61 bits per heavy atom. The third kappa shape index (κ3) is 1.58. The zero-order valence-corrected chi connectivity index (χ0v) is 16.5. The molecule has 0 radical (unpaired) electrons. The van der Waals surface area contributed by atoms with Crippen molar-refractivity contribution in [2.24, 2.45) is 0 Å². The Bertz CT molecular complexity index is 373. The molecule has 1 aliphatic rings. The molecule has 1 nitrogen and oxygen atoms in total. The van der Waals surface area contributed by atoms with E-state index in [2.05, 4.69) is 78.4 Å². The fraction of sp³-hybridized carbons (Fsp3) is 0.714. The highest BCUT2D eigenvalue weighted by atomic mass is 29.6. The van der Waals surface area contributed by atoms with Crippen molar-refractivity contribution in [1.82, 2.24) is 0 Å². The lowest BCUT2D eigenvalue weighted by molar-refractivity contribution is 0.0791. The molecular weight excluding hydrogens is 268 g/mol. The standard InChI is InChI=1S/C14H30OSi3/c1-11-14(12-2)13(3,4)15-17(7,8)18(9,10)16(14,5)6/h11-12H,1-2H2,3-10H3. The van der Waals surface area contributed by atoms with E-state index in [4.69, 9.17) is 4.43 Å². The maximum absolute atomic E-state index is 6.70. The van der Waals surface area contributed by atoms with Gasteiger partial charge in [-0.15, -0.1) is 13.2 Å². The lowest BCUT2D eigenvalue weighted by atomic mass is 9.90. The maximum Gasteiger partial charge on any atom is 0.172 e. The minimum Gasteiger partial charge on any atom is -0.415 e. The average Bonchev–Trinajstić information content (AvgIpc) is 2.15. The Morgan fingerprint density at radius 1 is 0.889 bits per heavy atom. The third-order valence-electron chi connectivity index (χ3n) is 6.25. The molecule has 0 unspecified atom stereocenters. The first kappa shape index (κ1) is 16.1. The normalized spacial score (nSPS) is 30.4. The van der Waals surface area contributed by atoms with Crippen molar-refractivity contribution in [3.05, 3.63) is 25.3 Å². The summed E-state index contributed by atoms with van der Waals surface area (Å²) in [4.78, 5) is 0. The maximum atomic E-state index is 6.70. The van der Waals surface area contributed by atoms with Crippen molar-refractivity contribution < 1.29 is 4.43 Å². The Balaban J connectivity index is 3.64. The van der Waals surface area contributed by atoms with E-state index in [0.717, 1.165) is 0 Å². The Hall–Kier alpha value is 0.0906. The Morgan fingerprint density at radius 2 is 1.28 bits per heavy atom. The van der Waals surface area contributed by atoms with Gasteiger partial charge in [0.1, 0.15) is 0 Å². The van der Waals surface area contributed by atoms with E-state index >= 15 is 0 Å². The van der Waals surface area contributed by atoms with Crippen molar-refractivity contribution in [3.8, 4) is 0 Å². The monoisotopic (exact) mass is 298 g/mol. The van der Waals surface area contributed by atoms with Gasteiger partial charge >= 0.3 is 0 Å². The number of hydrogen-bond acceptors (Lipinski definition) is 1. The quantitative estimate of drug-likeness (QED) is 0.531. The molecule has 0 aromatic heterocycles. The number of hydrogen-bond donors (Lipinski definition) is 0. The second-order valence-electron chi connectivity index (χ2n) is 7.65. The highest BCUT2D eigenvalue weighted by Crippen LogP contribution is 2.60. The predicted molar refractivity (Wildman–Crippen MR) is 90.7 cm³/mol. The van der Waals surface area contributed by atoms with Gasteiger partial charge in [-0.25, -0.2) is 0 Å². The van der Waals surface area contributed by atoms with E-state index in [9.17, 15) is 0 Å². The molecule has 0 atom stereocenters.